The van der Waals surface area contributed by atoms with E-state index in [4.69, 9.17) is 18.0 Å². The minimum absolute atomic E-state index is 0.0326. The second kappa shape index (κ2) is 6.59. The third-order valence-corrected chi connectivity index (χ3v) is 4.71. The predicted octanol–water partition coefficient (Wildman–Crippen LogP) is 2.09. The first-order valence-corrected chi connectivity index (χ1v) is 7.78. The van der Waals surface area contributed by atoms with E-state index < -0.39 is 5.41 Å². The van der Waals surface area contributed by atoms with Crippen molar-refractivity contribution in [3.8, 4) is 0 Å². The standard InChI is InChI=1S/C12H22N2OS2/c1-3-17-8-5-9(2)14-11(15)12(10(13)16)6-4-7-12/h9H,3-8H2,1-2H3,(H2,13,16)(H,14,15). The number of nitrogens with one attached hydrogen (secondary N) is 1. The lowest BCUT2D eigenvalue weighted by molar-refractivity contribution is -0.131. The summed E-state index contributed by atoms with van der Waals surface area (Å²) in [6.07, 6.45) is 3.66. The highest BCUT2D eigenvalue weighted by Crippen LogP contribution is 2.41. The third kappa shape index (κ3) is 3.58. The predicted molar refractivity (Wildman–Crippen MR) is 78.3 cm³/mol. The van der Waals surface area contributed by atoms with Crippen LogP contribution in [-0.2, 0) is 4.79 Å². The Morgan fingerprint density at radius 3 is 2.65 bits per heavy atom. The number of carbonyl (C=O) groups excluding carboxylic acids is 1. The van der Waals surface area contributed by atoms with Gasteiger partial charge in [-0.1, -0.05) is 25.6 Å². The first-order chi connectivity index (χ1) is 8.03. The maximum absolute atomic E-state index is 12.1. The van der Waals surface area contributed by atoms with E-state index in [1.807, 2.05) is 18.7 Å². The van der Waals surface area contributed by atoms with Crippen molar-refractivity contribution in [2.45, 2.75) is 45.6 Å². The molecular formula is C12H22N2OS2. The highest BCUT2D eigenvalue weighted by atomic mass is 32.2. The fourth-order valence-corrected chi connectivity index (χ4v) is 3.06. The lowest BCUT2D eigenvalue weighted by Crippen LogP contribution is -2.54. The number of amides is 1. The van der Waals surface area contributed by atoms with Gasteiger partial charge in [-0.2, -0.15) is 11.8 Å². The summed E-state index contributed by atoms with van der Waals surface area (Å²) in [4.78, 5) is 12.5. The zero-order valence-electron chi connectivity index (χ0n) is 10.6. The molecule has 98 valence electrons. The fraction of sp³-hybridized carbons (Fsp3) is 0.833. The molecule has 3 nitrogen and oxygen atoms in total. The number of hydrogen-bond donors (Lipinski definition) is 2. The Hall–Kier alpha value is -0.290. The Labute approximate surface area is 113 Å². The lowest BCUT2D eigenvalue weighted by atomic mass is 9.68. The van der Waals surface area contributed by atoms with E-state index in [9.17, 15) is 4.79 Å². The van der Waals surface area contributed by atoms with Crippen LogP contribution in [0.1, 0.15) is 39.5 Å². The van der Waals surface area contributed by atoms with Crippen molar-refractivity contribution in [1.82, 2.24) is 5.32 Å². The van der Waals surface area contributed by atoms with Crippen LogP contribution in [0.25, 0.3) is 0 Å². The van der Waals surface area contributed by atoms with Gasteiger partial charge in [-0.3, -0.25) is 4.79 Å². The molecule has 0 heterocycles. The molecule has 0 radical (unpaired) electrons. The van der Waals surface area contributed by atoms with Gasteiger partial charge in [0.05, 0.1) is 10.4 Å². The van der Waals surface area contributed by atoms with Gasteiger partial charge in [0.25, 0.3) is 0 Å². The van der Waals surface area contributed by atoms with E-state index in [0.29, 0.717) is 4.99 Å². The minimum atomic E-state index is -0.540. The van der Waals surface area contributed by atoms with Crippen LogP contribution >= 0.6 is 24.0 Å². The summed E-state index contributed by atoms with van der Waals surface area (Å²) in [5.74, 6) is 2.24. The third-order valence-electron chi connectivity index (χ3n) is 3.39. The largest absolute Gasteiger partial charge is 0.392 e. The zero-order valence-corrected chi connectivity index (χ0v) is 12.3. The maximum atomic E-state index is 12.1. The molecule has 0 aliphatic heterocycles. The van der Waals surface area contributed by atoms with Crippen LogP contribution in [0.5, 0.6) is 0 Å². The van der Waals surface area contributed by atoms with Crippen molar-refractivity contribution in [3.05, 3.63) is 0 Å². The van der Waals surface area contributed by atoms with Crippen molar-refractivity contribution >= 4 is 34.9 Å². The summed E-state index contributed by atoms with van der Waals surface area (Å²) >= 11 is 6.92. The Kier molecular flexibility index (Phi) is 5.73. The summed E-state index contributed by atoms with van der Waals surface area (Å²) in [6, 6.07) is 0.202. The van der Waals surface area contributed by atoms with Gasteiger partial charge in [-0.15, -0.1) is 0 Å². The first kappa shape index (κ1) is 14.8. The molecular weight excluding hydrogens is 252 g/mol. The van der Waals surface area contributed by atoms with Crippen LogP contribution in [0, 0.1) is 5.41 Å². The second-order valence-corrected chi connectivity index (χ2v) is 6.49. The van der Waals surface area contributed by atoms with E-state index in [1.54, 1.807) is 0 Å². The Morgan fingerprint density at radius 2 is 2.24 bits per heavy atom. The number of thioether (sulfide) groups is 1. The molecule has 17 heavy (non-hydrogen) atoms. The average molecular weight is 274 g/mol. The van der Waals surface area contributed by atoms with E-state index in [-0.39, 0.29) is 11.9 Å². The second-order valence-electron chi connectivity index (χ2n) is 4.66. The van der Waals surface area contributed by atoms with Gasteiger partial charge in [0, 0.05) is 6.04 Å². The molecule has 0 bridgehead atoms. The molecule has 1 unspecified atom stereocenters. The first-order valence-electron chi connectivity index (χ1n) is 6.21. The molecule has 5 heteroatoms. The van der Waals surface area contributed by atoms with Crippen LogP contribution in [0.4, 0.5) is 0 Å². The summed E-state index contributed by atoms with van der Waals surface area (Å²) < 4.78 is 0. The van der Waals surface area contributed by atoms with E-state index in [2.05, 4.69) is 12.2 Å². The number of hydrogen-bond acceptors (Lipinski definition) is 3. The van der Waals surface area contributed by atoms with Gasteiger partial charge in [-0.05, 0) is 37.7 Å². The van der Waals surface area contributed by atoms with Crippen molar-refractivity contribution in [2.24, 2.45) is 11.1 Å². The number of carbonyl (C=O) groups is 1. The molecule has 1 amide bonds. The highest BCUT2D eigenvalue weighted by Gasteiger charge is 2.47. The van der Waals surface area contributed by atoms with Crippen molar-refractivity contribution < 1.29 is 4.79 Å². The van der Waals surface area contributed by atoms with Crippen LogP contribution in [0.2, 0.25) is 0 Å². The maximum Gasteiger partial charge on any atom is 0.233 e. The molecule has 1 fully saturated rings. The van der Waals surface area contributed by atoms with E-state index in [0.717, 1.165) is 37.2 Å². The van der Waals surface area contributed by atoms with Crippen LogP contribution < -0.4 is 11.1 Å². The molecule has 0 aromatic heterocycles. The zero-order chi connectivity index (χ0) is 12.9. The molecule has 3 N–H and O–H groups in total. The Balaban J connectivity index is 2.40. The smallest absolute Gasteiger partial charge is 0.233 e. The normalized spacial score (nSPS) is 19.2. The van der Waals surface area contributed by atoms with E-state index in [1.165, 1.54) is 0 Å². The number of rotatable bonds is 7. The van der Waals surface area contributed by atoms with Crippen LogP contribution in [0.15, 0.2) is 0 Å². The fourth-order valence-electron chi connectivity index (χ4n) is 1.95. The topological polar surface area (TPSA) is 55.1 Å². The summed E-state index contributed by atoms with van der Waals surface area (Å²) in [7, 11) is 0. The van der Waals surface area contributed by atoms with Gasteiger partial charge < -0.3 is 11.1 Å². The van der Waals surface area contributed by atoms with Crippen molar-refractivity contribution in [1.29, 1.82) is 0 Å². The summed E-state index contributed by atoms with van der Waals surface area (Å²) in [5.41, 5.74) is 5.16. The van der Waals surface area contributed by atoms with Crippen LogP contribution in [0.3, 0.4) is 0 Å². The molecule has 0 aromatic carbocycles. The molecule has 0 spiro atoms. The van der Waals surface area contributed by atoms with Gasteiger partial charge >= 0.3 is 0 Å². The quantitative estimate of drug-likeness (QED) is 0.551. The molecule has 1 saturated carbocycles. The lowest BCUT2D eigenvalue weighted by Gasteiger charge is -2.39. The molecule has 1 rings (SSSR count). The SMILES string of the molecule is CCSCCC(C)NC(=O)C1(C(N)=S)CCC1. The van der Waals surface area contributed by atoms with Crippen molar-refractivity contribution in [3.63, 3.8) is 0 Å². The average Bonchev–Trinajstić information content (AvgIpc) is 2.15. The molecule has 1 aliphatic carbocycles. The minimum Gasteiger partial charge on any atom is -0.392 e. The Morgan fingerprint density at radius 1 is 1.59 bits per heavy atom. The van der Waals surface area contributed by atoms with Crippen molar-refractivity contribution in [2.75, 3.05) is 11.5 Å². The van der Waals surface area contributed by atoms with Gasteiger partial charge in [-0.25, -0.2) is 0 Å². The number of nitrogens with two attached hydrogens (primary N) is 1. The molecule has 0 aromatic rings. The molecule has 1 atom stereocenters. The van der Waals surface area contributed by atoms with Crippen LogP contribution in [-0.4, -0.2) is 28.4 Å². The molecule has 0 saturated heterocycles. The monoisotopic (exact) mass is 274 g/mol. The number of thiocarbonyl (C=S) groups is 1. The van der Waals surface area contributed by atoms with Gasteiger partial charge in [0.1, 0.15) is 0 Å². The van der Waals surface area contributed by atoms with E-state index >= 15 is 0 Å². The molecule has 1 aliphatic rings. The highest BCUT2D eigenvalue weighted by molar-refractivity contribution is 7.99. The Bertz CT molecular complexity index is 290. The summed E-state index contributed by atoms with van der Waals surface area (Å²) in [5, 5.41) is 3.04. The summed E-state index contributed by atoms with van der Waals surface area (Å²) in [6.45, 7) is 4.18. The van der Waals surface area contributed by atoms with Gasteiger partial charge in [0.2, 0.25) is 5.91 Å². The van der Waals surface area contributed by atoms with Gasteiger partial charge in [0.15, 0.2) is 0 Å².